The highest BCUT2D eigenvalue weighted by atomic mass is 16.5. The zero-order chi connectivity index (χ0) is 15.5. The number of rotatable bonds is 4. The monoisotopic (exact) mass is 295 g/mol. The van der Waals surface area contributed by atoms with Gasteiger partial charge in [0.15, 0.2) is 0 Å². The third-order valence-electron chi connectivity index (χ3n) is 3.30. The van der Waals surface area contributed by atoms with Crippen molar-refractivity contribution in [2.45, 2.75) is 13.8 Å². The van der Waals surface area contributed by atoms with Gasteiger partial charge in [0.1, 0.15) is 17.2 Å². The lowest BCUT2D eigenvalue weighted by Gasteiger charge is -2.11. The number of pyridine rings is 1. The number of benzene rings is 1. The summed E-state index contributed by atoms with van der Waals surface area (Å²) in [6.45, 7) is 4.45. The van der Waals surface area contributed by atoms with Gasteiger partial charge < -0.3 is 9.47 Å². The van der Waals surface area contributed by atoms with E-state index in [1.54, 1.807) is 19.5 Å². The van der Waals surface area contributed by atoms with E-state index in [-0.39, 0.29) is 0 Å². The lowest BCUT2D eigenvalue weighted by atomic mass is 10.1. The van der Waals surface area contributed by atoms with E-state index in [1.807, 2.05) is 38.1 Å². The van der Waals surface area contributed by atoms with E-state index in [9.17, 15) is 0 Å². The highest BCUT2D eigenvalue weighted by molar-refractivity contribution is 5.88. The first kappa shape index (κ1) is 14.3. The van der Waals surface area contributed by atoms with Gasteiger partial charge in [-0.1, -0.05) is 0 Å². The normalized spacial score (nSPS) is 10.7. The van der Waals surface area contributed by atoms with Gasteiger partial charge in [-0.15, -0.1) is 0 Å². The summed E-state index contributed by atoms with van der Waals surface area (Å²) in [5.74, 6) is 1.54. The van der Waals surface area contributed by atoms with Gasteiger partial charge in [-0.3, -0.25) is 4.98 Å². The van der Waals surface area contributed by atoms with Gasteiger partial charge in [0.2, 0.25) is 0 Å². The zero-order valence-electron chi connectivity index (χ0n) is 12.8. The Morgan fingerprint density at radius 3 is 2.64 bits per heavy atom. The van der Waals surface area contributed by atoms with Crippen LogP contribution >= 0.6 is 0 Å². The summed E-state index contributed by atoms with van der Waals surface area (Å²) >= 11 is 0. The van der Waals surface area contributed by atoms with Gasteiger partial charge >= 0.3 is 0 Å². The smallest absolute Gasteiger partial charge is 0.130 e. The Bertz CT molecular complexity index is 818. The van der Waals surface area contributed by atoms with Crippen LogP contribution in [0.3, 0.4) is 0 Å². The van der Waals surface area contributed by atoms with Crippen LogP contribution in [0.2, 0.25) is 0 Å². The van der Waals surface area contributed by atoms with E-state index in [0.717, 1.165) is 39.5 Å². The number of hydrogen-bond donors (Lipinski definition) is 0. The molecule has 2 heterocycles. The lowest BCUT2D eigenvalue weighted by Crippen LogP contribution is -1.97. The zero-order valence-corrected chi connectivity index (χ0v) is 12.8. The molecule has 22 heavy (non-hydrogen) atoms. The molecule has 0 spiro atoms. The van der Waals surface area contributed by atoms with Crippen LogP contribution in [0.15, 0.2) is 36.7 Å². The van der Waals surface area contributed by atoms with Crippen molar-refractivity contribution in [3.8, 4) is 22.9 Å². The minimum Gasteiger partial charge on any atom is -0.497 e. The molecule has 0 aliphatic rings. The fraction of sp³-hybridized carbons (Fsp3) is 0.235. The Labute approximate surface area is 129 Å². The largest absolute Gasteiger partial charge is 0.497 e. The number of methoxy groups -OCH3 is 1. The van der Waals surface area contributed by atoms with Crippen LogP contribution in [0.1, 0.15) is 12.6 Å². The van der Waals surface area contributed by atoms with E-state index in [4.69, 9.17) is 9.47 Å². The van der Waals surface area contributed by atoms with Crippen molar-refractivity contribution in [1.29, 1.82) is 0 Å². The summed E-state index contributed by atoms with van der Waals surface area (Å²) in [6, 6.07) is 7.66. The van der Waals surface area contributed by atoms with Crippen molar-refractivity contribution < 1.29 is 9.47 Å². The highest BCUT2D eigenvalue weighted by Crippen LogP contribution is 2.31. The predicted molar refractivity (Wildman–Crippen MR) is 85.2 cm³/mol. The van der Waals surface area contributed by atoms with Crippen molar-refractivity contribution >= 4 is 10.9 Å². The fourth-order valence-corrected chi connectivity index (χ4v) is 2.30. The molecule has 0 bridgehead atoms. The molecule has 0 saturated heterocycles. The fourth-order valence-electron chi connectivity index (χ4n) is 2.30. The SMILES string of the molecule is CCOc1cc(-c2cncc(C)n2)nc2cc(OC)ccc12. The molecule has 0 fully saturated rings. The van der Waals surface area contributed by atoms with Crippen molar-refractivity contribution in [2.75, 3.05) is 13.7 Å². The van der Waals surface area contributed by atoms with Crippen LogP contribution in [0, 0.1) is 6.92 Å². The third kappa shape index (κ3) is 2.70. The Kier molecular flexibility index (Phi) is 3.87. The molecule has 0 saturated carbocycles. The number of aromatic nitrogens is 3. The summed E-state index contributed by atoms with van der Waals surface area (Å²) in [5.41, 5.74) is 3.12. The van der Waals surface area contributed by atoms with Crippen molar-refractivity contribution in [1.82, 2.24) is 15.0 Å². The highest BCUT2D eigenvalue weighted by Gasteiger charge is 2.11. The minimum absolute atomic E-state index is 0.587. The number of fused-ring (bicyclic) bond motifs is 1. The molecule has 3 aromatic rings. The molecular weight excluding hydrogens is 278 g/mol. The summed E-state index contributed by atoms with van der Waals surface area (Å²) in [4.78, 5) is 13.3. The second-order valence-electron chi connectivity index (χ2n) is 4.87. The Balaban J connectivity index is 2.22. The molecule has 0 aliphatic heterocycles. The van der Waals surface area contributed by atoms with Crippen LogP contribution in [-0.4, -0.2) is 28.7 Å². The minimum atomic E-state index is 0.587. The first-order chi connectivity index (χ1) is 10.7. The average molecular weight is 295 g/mol. The van der Waals surface area contributed by atoms with Crippen LogP contribution in [0.4, 0.5) is 0 Å². The van der Waals surface area contributed by atoms with Gasteiger partial charge in [0, 0.05) is 23.7 Å². The van der Waals surface area contributed by atoms with Crippen LogP contribution in [0.5, 0.6) is 11.5 Å². The molecule has 112 valence electrons. The molecule has 0 radical (unpaired) electrons. The first-order valence-corrected chi connectivity index (χ1v) is 7.12. The van der Waals surface area contributed by atoms with Gasteiger partial charge in [-0.2, -0.15) is 0 Å². The van der Waals surface area contributed by atoms with E-state index >= 15 is 0 Å². The predicted octanol–water partition coefficient (Wildman–Crippen LogP) is 3.41. The molecule has 5 nitrogen and oxygen atoms in total. The quantitative estimate of drug-likeness (QED) is 0.738. The maximum Gasteiger partial charge on any atom is 0.130 e. The number of nitrogens with zero attached hydrogens (tertiary/aromatic N) is 3. The standard InChI is InChI=1S/C17H17N3O2/c1-4-22-17-8-15(16-10-18-9-11(2)19-16)20-14-7-12(21-3)5-6-13(14)17/h5-10H,4H2,1-3H3. The van der Waals surface area contributed by atoms with Gasteiger partial charge in [0.05, 0.1) is 36.8 Å². The second kappa shape index (κ2) is 5.97. The maximum absolute atomic E-state index is 5.76. The first-order valence-electron chi connectivity index (χ1n) is 7.12. The molecule has 2 aromatic heterocycles. The molecule has 5 heteroatoms. The van der Waals surface area contributed by atoms with E-state index < -0.39 is 0 Å². The van der Waals surface area contributed by atoms with Gasteiger partial charge in [-0.25, -0.2) is 9.97 Å². The topological polar surface area (TPSA) is 57.1 Å². The van der Waals surface area contributed by atoms with Crippen LogP contribution in [-0.2, 0) is 0 Å². The molecule has 0 N–H and O–H groups in total. The molecular formula is C17H17N3O2. The van der Waals surface area contributed by atoms with E-state index in [2.05, 4.69) is 15.0 Å². The Morgan fingerprint density at radius 1 is 1.05 bits per heavy atom. The van der Waals surface area contributed by atoms with Gasteiger partial charge in [-0.05, 0) is 26.0 Å². The molecule has 0 aliphatic carbocycles. The van der Waals surface area contributed by atoms with Crippen LogP contribution < -0.4 is 9.47 Å². The van der Waals surface area contributed by atoms with Gasteiger partial charge in [0.25, 0.3) is 0 Å². The Morgan fingerprint density at radius 2 is 1.91 bits per heavy atom. The van der Waals surface area contributed by atoms with Crippen molar-refractivity contribution in [2.24, 2.45) is 0 Å². The summed E-state index contributed by atoms with van der Waals surface area (Å²) in [6.07, 6.45) is 3.42. The summed E-state index contributed by atoms with van der Waals surface area (Å²) in [7, 11) is 1.64. The molecule has 0 amide bonds. The molecule has 3 rings (SSSR count). The number of ether oxygens (including phenoxy) is 2. The third-order valence-corrected chi connectivity index (χ3v) is 3.30. The van der Waals surface area contributed by atoms with Crippen LogP contribution in [0.25, 0.3) is 22.3 Å². The van der Waals surface area contributed by atoms with Crippen molar-refractivity contribution in [3.05, 3.63) is 42.4 Å². The number of aryl methyl sites for hydroxylation is 1. The average Bonchev–Trinajstić information content (AvgIpc) is 2.54. The van der Waals surface area contributed by atoms with E-state index in [1.165, 1.54) is 0 Å². The lowest BCUT2D eigenvalue weighted by molar-refractivity contribution is 0.344. The summed E-state index contributed by atoms with van der Waals surface area (Å²) in [5, 5.41) is 0.951. The Hall–Kier alpha value is -2.69. The van der Waals surface area contributed by atoms with Crippen molar-refractivity contribution in [3.63, 3.8) is 0 Å². The molecule has 0 unspecified atom stereocenters. The maximum atomic E-state index is 5.76. The van der Waals surface area contributed by atoms with E-state index in [0.29, 0.717) is 6.61 Å². The molecule has 0 atom stereocenters. The second-order valence-corrected chi connectivity index (χ2v) is 4.87. The number of hydrogen-bond acceptors (Lipinski definition) is 5. The molecule has 1 aromatic carbocycles. The summed E-state index contributed by atoms with van der Waals surface area (Å²) < 4.78 is 11.0.